The summed E-state index contributed by atoms with van der Waals surface area (Å²) < 4.78 is 12.5. The summed E-state index contributed by atoms with van der Waals surface area (Å²) in [6.07, 6.45) is 0.804. The van der Waals surface area contributed by atoms with Crippen LogP contribution in [0.1, 0.15) is 6.42 Å². The highest BCUT2D eigenvalue weighted by atomic mass is 35.7. The minimum Gasteiger partial charge on any atom is -0.580 e. The molecule has 0 rings (SSSR count). The first-order chi connectivity index (χ1) is 3.77. The van der Waals surface area contributed by atoms with Crippen molar-refractivity contribution in [2.75, 3.05) is 13.1 Å². The number of nitrogens with two attached hydrogens (primary N) is 1. The van der Waals surface area contributed by atoms with E-state index in [1.54, 1.807) is 0 Å². The van der Waals surface area contributed by atoms with Crippen molar-refractivity contribution < 1.29 is 4.55 Å². The highest BCUT2D eigenvalue weighted by Crippen LogP contribution is 1.87. The lowest BCUT2D eigenvalue weighted by atomic mass is 10.4. The summed E-state index contributed by atoms with van der Waals surface area (Å²) >= 11 is 0. The zero-order chi connectivity index (χ0) is 6.41. The van der Waals surface area contributed by atoms with Gasteiger partial charge in [-0.3, -0.25) is 0 Å². The van der Waals surface area contributed by atoms with Crippen LogP contribution in [0.4, 0.5) is 0 Å². The zero-order valence-corrected chi connectivity index (χ0v) is 5.97. The fourth-order valence-electron chi connectivity index (χ4n) is 0.254. The Morgan fingerprint density at radius 1 is 1.75 bits per heavy atom. The fraction of sp³-hybridized carbons (Fsp3) is 1.00. The minimum absolute atomic E-state index is 0.598. The van der Waals surface area contributed by atoms with E-state index in [2.05, 4.69) is 4.72 Å². The Morgan fingerprint density at radius 3 is 2.75 bits per heavy atom. The number of rotatable bonds is 4. The Labute approximate surface area is 56.4 Å². The molecular formula is C3H9ClN2OS. The molecule has 3 nitrogen and oxygen atoms in total. The standard InChI is InChI=1S/C3H9ClN2OS/c4-8(7)6-3-1-2-5/h6H,1-3,5H2. The lowest BCUT2D eigenvalue weighted by Gasteiger charge is -1.98. The molecule has 0 aromatic rings. The summed E-state index contributed by atoms with van der Waals surface area (Å²) in [4.78, 5) is 0. The van der Waals surface area contributed by atoms with Gasteiger partial charge in [0.15, 0.2) is 21.3 Å². The maximum Gasteiger partial charge on any atom is 0.199 e. The van der Waals surface area contributed by atoms with Crippen LogP contribution in [0.25, 0.3) is 0 Å². The fourth-order valence-corrected chi connectivity index (χ4v) is 0.791. The molecule has 0 bridgehead atoms. The molecule has 8 heavy (non-hydrogen) atoms. The van der Waals surface area contributed by atoms with Gasteiger partial charge in [0, 0.05) is 6.54 Å². The predicted molar refractivity (Wildman–Crippen MR) is 35.7 cm³/mol. The molecule has 1 atom stereocenters. The second kappa shape index (κ2) is 5.65. The Morgan fingerprint density at radius 2 is 2.38 bits per heavy atom. The molecule has 0 saturated heterocycles. The molecule has 0 aromatic carbocycles. The highest BCUT2D eigenvalue weighted by molar-refractivity contribution is 8.12. The SMILES string of the molecule is NCCCN[S+]([O-])Cl. The molecule has 0 radical (unpaired) electrons. The number of hydrogen-bond acceptors (Lipinski definition) is 3. The molecule has 0 heterocycles. The second-order valence-electron chi connectivity index (χ2n) is 1.26. The first-order valence-electron chi connectivity index (χ1n) is 2.29. The maximum atomic E-state index is 10.0. The first kappa shape index (κ1) is 8.52. The van der Waals surface area contributed by atoms with Crippen molar-refractivity contribution in [3.63, 3.8) is 0 Å². The third-order valence-electron chi connectivity index (χ3n) is 0.596. The monoisotopic (exact) mass is 156 g/mol. The van der Waals surface area contributed by atoms with Crippen LogP contribution in [-0.4, -0.2) is 17.6 Å². The normalized spacial score (nSPS) is 13.9. The van der Waals surface area contributed by atoms with Crippen LogP contribution in [0, 0.1) is 0 Å². The van der Waals surface area contributed by atoms with E-state index in [1.807, 2.05) is 0 Å². The number of halogens is 1. The smallest absolute Gasteiger partial charge is 0.199 e. The molecular weight excluding hydrogens is 148 g/mol. The Balaban J connectivity index is 2.72. The maximum absolute atomic E-state index is 10.0. The van der Waals surface area contributed by atoms with E-state index in [4.69, 9.17) is 16.4 Å². The summed E-state index contributed by atoms with van der Waals surface area (Å²) in [7, 11) is 3.63. The predicted octanol–water partition coefficient (Wildman–Crippen LogP) is -0.258. The van der Waals surface area contributed by atoms with Crippen LogP contribution >= 0.6 is 10.7 Å². The molecule has 5 heteroatoms. The zero-order valence-electron chi connectivity index (χ0n) is 4.39. The average molecular weight is 157 g/mol. The van der Waals surface area contributed by atoms with Crippen molar-refractivity contribution in [3.05, 3.63) is 0 Å². The van der Waals surface area contributed by atoms with Crippen LogP contribution in [0.5, 0.6) is 0 Å². The first-order valence-corrected chi connectivity index (χ1v) is 4.26. The van der Waals surface area contributed by atoms with Crippen molar-refractivity contribution in [1.29, 1.82) is 0 Å². The molecule has 0 aliphatic rings. The highest BCUT2D eigenvalue weighted by Gasteiger charge is 1.96. The molecule has 3 N–H and O–H groups in total. The van der Waals surface area contributed by atoms with Crippen molar-refractivity contribution in [2.45, 2.75) is 6.42 Å². The topological polar surface area (TPSA) is 61.1 Å². The summed E-state index contributed by atoms with van der Waals surface area (Å²) in [5, 5.41) is 0. The van der Waals surface area contributed by atoms with Crippen LogP contribution in [-0.2, 0) is 10.6 Å². The van der Waals surface area contributed by atoms with Crippen LogP contribution in [0.15, 0.2) is 0 Å². The Kier molecular flexibility index (Phi) is 6.02. The third-order valence-corrected chi connectivity index (χ3v) is 1.35. The molecule has 0 fully saturated rings. The lowest BCUT2D eigenvalue weighted by Crippen LogP contribution is -2.21. The van der Waals surface area contributed by atoms with Crippen molar-refractivity contribution >= 4 is 21.3 Å². The van der Waals surface area contributed by atoms with Gasteiger partial charge in [-0.2, -0.15) is 0 Å². The van der Waals surface area contributed by atoms with Crippen molar-refractivity contribution in [2.24, 2.45) is 5.73 Å². The molecule has 50 valence electrons. The van der Waals surface area contributed by atoms with E-state index in [0.29, 0.717) is 13.1 Å². The second-order valence-corrected chi connectivity index (χ2v) is 2.84. The van der Waals surface area contributed by atoms with Gasteiger partial charge in [-0.15, -0.1) is 4.72 Å². The average Bonchev–Trinajstić information content (AvgIpc) is 1.66. The van der Waals surface area contributed by atoms with Gasteiger partial charge >= 0.3 is 0 Å². The molecule has 0 amide bonds. The summed E-state index contributed by atoms with van der Waals surface area (Å²) in [5.74, 6) is 0. The van der Waals surface area contributed by atoms with E-state index >= 15 is 0 Å². The van der Waals surface area contributed by atoms with Gasteiger partial charge < -0.3 is 10.3 Å². The van der Waals surface area contributed by atoms with Crippen LogP contribution < -0.4 is 10.5 Å². The van der Waals surface area contributed by atoms with E-state index in [1.165, 1.54) is 0 Å². The van der Waals surface area contributed by atoms with Crippen molar-refractivity contribution in [1.82, 2.24) is 4.72 Å². The van der Waals surface area contributed by atoms with E-state index < -0.39 is 10.6 Å². The minimum atomic E-state index is -1.40. The van der Waals surface area contributed by atoms with Gasteiger partial charge in [-0.1, -0.05) is 0 Å². The Bertz CT molecular complexity index is 54.5. The van der Waals surface area contributed by atoms with E-state index in [-0.39, 0.29) is 0 Å². The molecule has 0 aliphatic carbocycles. The van der Waals surface area contributed by atoms with Crippen LogP contribution in [0.2, 0.25) is 0 Å². The molecule has 0 spiro atoms. The van der Waals surface area contributed by atoms with Gasteiger partial charge in [0.1, 0.15) is 0 Å². The lowest BCUT2D eigenvalue weighted by molar-refractivity contribution is 0.593. The van der Waals surface area contributed by atoms with Gasteiger partial charge in [0.05, 0.1) is 0 Å². The van der Waals surface area contributed by atoms with E-state index in [9.17, 15) is 4.55 Å². The quantitative estimate of drug-likeness (QED) is 0.436. The molecule has 1 unspecified atom stereocenters. The summed E-state index contributed by atoms with van der Waals surface area (Å²) in [5.41, 5.74) is 5.13. The molecule has 0 aromatic heterocycles. The Hall–Kier alpha value is 0.520. The number of nitrogens with one attached hydrogen (secondary N) is 1. The summed E-state index contributed by atoms with van der Waals surface area (Å²) in [6, 6.07) is 0. The van der Waals surface area contributed by atoms with Gasteiger partial charge in [-0.25, -0.2) is 0 Å². The largest absolute Gasteiger partial charge is 0.580 e. The van der Waals surface area contributed by atoms with Crippen LogP contribution in [0.3, 0.4) is 0 Å². The summed E-state index contributed by atoms with van der Waals surface area (Å²) in [6.45, 7) is 1.22. The number of hydrogen-bond donors (Lipinski definition) is 2. The molecule has 0 saturated carbocycles. The van der Waals surface area contributed by atoms with Gasteiger partial charge in [0.25, 0.3) is 0 Å². The van der Waals surface area contributed by atoms with Gasteiger partial charge in [-0.05, 0) is 13.0 Å². The van der Waals surface area contributed by atoms with E-state index in [0.717, 1.165) is 6.42 Å². The molecule has 0 aliphatic heterocycles. The third kappa shape index (κ3) is 6.52. The van der Waals surface area contributed by atoms with Crippen molar-refractivity contribution in [3.8, 4) is 0 Å². The van der Waals surface area contributed by atoms with Gasteiger partial charge in [0.2, 0.25) is 0 Å².